The Kier molecular flexibility index (Phi) is 7.42. The predicted molar refractivity (Wildman–Crippen MR) is 84.1 cm³/mol. The minimum absolute atomic E-state index is 0. The first-order chi connectivity index (χ1) is 8.49. The van der Waals surface area contributed by atoms with Gasteiger partial charge in [0.25, 0.3) is 0 Å². The first-order valence-corrected chi connectivity index (χ1v) is 6.64. The van der Waals surface area contributed by atoms with Gasteiger partial charge >= 0.3 is 0 Å². The van der Waals surface area contributed by atoms with E-state index in [9.17, 15) is 4.79 Å². The van der Waals surface area contributed by atoms with E-state index in [0.717, 1.165) is 24.1 Å². The van der Waals surface area contributed by atoms with E-state index in [1.54, 1.807) is 6.07 Å². The van der Waals surface area contributed by atoms with Crippen molar-refractivity contribution in [2.24, 2.45) is 11.1 Å². The van der Waals surface area contributed by atoms with Crippen LogP contribution in [0.25, 0.3) is 0 Å². The molecule has 108 valence electrons. The molecule has 0 radical (unpaired) electrons. The molecule has 0 bridgehead atoms. The third kappa shape index (κ3) is 4.10. The van der Waals surface area contributed by atoms with Gasteiger partial charge in [0, 0.05) is 17.3 Å². The standard InChI is InChI=1S/C14H21ClN2O.ClH/c1-4-14(5-2,9-16)13(18)17-12-8-11(15)7-6-10(12)3;/h6-8H,4-5,9,16H2,1-3H3,(H,17,18);1H. The molecule has 0 fully saturated rings. The molecule has 3 N–H and O–H groups in total. The quantitative estimate of drug-likeness (QED) is 0.870. The zero-order valence-corrected chi connectivity index (χ0v) is 13.2. The molecule has 1 aromatic rings. The minimum atomic E-state index is -0.491. The molecule has 0 aliphatic carbocycles. The van der Waals surface area contributed by atoms with Gasteiger partial charge in [0.1, 0.15) is 0 Å². The molecule has 1 amide bonds. The molecule has 1 aromatic carbocycles. The van der Waals surface area contributed by atoms with Crippen molar-refractivity contribution in [2.45, 2.75) is 33.6 Å². The van der Waals surface area contributed by atoms with Gasteiger partial charge in [0.2, 0.25) is 5.91 Å². The molecule has 0 aromatic heterocycles. The summed E-state index contributed by atoms with van der Waals surface area (Å²) < 4.78 is 0. The molecule has 3 nitrogen and oxygen atoms in total. The van der Waals surface area contributed by atoms with E-state index < -0.39 is 5.41 Å². The van der Waals surface area contributed by atoms with Crippen molar-refractivity contribution in [3.05, 3.63) is 28.8 Å². The Morgan fingerprint density at radius 1 is 1.37 bits per heavy atom. The van der Waals surface area contributed by atoms with Crippen LogP contribution in [-0.4, -0.2) is 12.5 Å². The Bertz CT molecular complexity index is 423. The van der Waals surface area contributed by atoms with Crippen molar-refractivity contribution >= 4 is 35.6 Å². The number of rotatable bonds is 5. The molecule has 0 unspecified atom stereocenters. The number of hydrogen-bond donors (Lipinski definition) is 2. The average molecular weight is 305 g/mol. The van der Waals surface area contributed by atoms with Crippen LogP contribution in [0.3, 0.4) is 0 Å². The smallest absolute Gasteiger partial charge is 0.231 e. The van der Waals surface area contributed by atoms with E-state index in [4.69, 9.17) is 17.3 Å². The lowest BCUT2D eigenvalue weighted by Gasteiger charge is -2.28. The van der Waals surface area contributed by atoms with Crippen molar-refractivity contribution in [3.63, 3.8) is 0 Å². The zero-order valence-electron chi connectivity index (χ0n) is 11.6. The highest BCUT2D eigenvalue weighted by molar-refractivity contribution is 6.31. The molecule has 19 heavy (non-hydrogen) atoms. The summed E-state index contributed by atoms with van der Waals surface area (Å²) in [6, 6.07) is 5.46. The van der Waals surface area contributed by atoms with E-state index in [1.165, 1.54) is 0 Å². The van der Waals surface area contributed by atoms with Crippen molar-refractivity contribution < 1.29 is 4.79 Å². The second-order valence-electron chi connectivity index (χ2n) is 4.60. The van der Waals surface area contributed by atoms with Crippen LogP contribution in [0.2, 0.25) is 5.02 Å². The minimum Gasteiger partial charge on any atom is -0.329 e. The van der Waals surface area contributed by atoms with Gasteiger partial charge < -0.3 is 11.1 Å². The van der Waals surface area contributed by atoms with E-state index in [2.05, 4.69) is 5.32 Å². The van der Waals surface area contributed by atoms with Crippen molar-refractivity contribution in [3.8, 4) is 0 Å². The Morgan fingerprint density at radius 2 is 1.95 bits per heavy atom. The summed E-state index contributed by atoms with van der Waals surface area (Å²) in [5, 5.41) is 3.55. The molecule has 0 saturated carbocycles. The highest BCUT2D eigenvalue weighted by atomic mass is 35.5. The van der Waals surface area contributed by atoms with Gasteiger partial charge in [-0.2, -0.15) is 0 Å². The Balaban J connectivity index is 0.00000324. The van der Waals surface area contributed by atoms with Gasteiger partial charge in [-0.3, -0.25) is 4.79 Å². The van der Waals surface area contributed by atoms with Crippen LogP contribution in [0.5, 0.6) is 0 Å². The average Bonchev–Trinajstić information content (AvgIpc) is 2.37. The van der Waals surface area contributed by atoms with Gasteiger partial charge in [-0.1, -0.05) is 31.5 Å². The number of halogens is 2. The molecule has 5 heteroatoms. The zero-order chi connectivity index (χ0) is 13.8. The van der Waals surface area contributed by atoms with Gasteiger partial charge in [0.05, 0.1) is 5.41 Å². The molecule has 0 aliphatic heterocycles. The fraction of sp³-hybridized carbons (Fsp3) is 0.500. The summed E-state index contributed by atoms with van der Waals surface area (Å²) in [5.74, 6) is -0.0274. The maximum absolute atomic E-state index is 12.4. The molecule has 0 heterocycles. The Hall–Kier alpha value is -0.770. The van der Waals surface area contributed by atoms with E-state index in [1.807, 2.05) is 32.9 Å². The largest absolute Gasteiger partial charge is 0.329 e. The van der Waals surface area contributed by atoms with Crippen molar-refractivity contribution in [1.29, 1.82) is 0 Å². The first-order valence-electron chi connectivity index (χ1n) is 6.26. The number of carbonyl (C=O) groups is 1. The molecule has 0 spiro atoms. The molecule has 0 aliphatic rings. The third-order valence-electron chi connectivity index (χ3n) is 3.67. The van der Waals surface area contributed by atoms with E-state index in [0.29, 0.717) is 11.6 Å². The molecular weight excluding hydrogens is 283 g/mol. The number of carbonyl (C=O) groups excluding carboxylic acids is 1. The number of nitrogens with one attached hydrogen (secondary N) is 1. The number of hydrogen-bond acceptors (Lipinski definition) is 2. The lowest BCUT2D eigenvalue weighted by Crippen LogP contribution is -2.41. The summed E-state index contributed by atoms with van der Waals surface area (Å²) in [4.78, 5) is 12.4. The van der Waals surface area contributed by atoms with Crippen LogP contribution < -0.4 is 11.1 Å². The van der Waals surface area contributed by atoms with E-state index in [-0.39, 0.29) is 18.3 Å². The van der Waals surface area contributed by atoms with Gasteiger partial charge in [-0.05, 0) is 37.5 Å². The highest BCUT2D eigenvalue weighted by Crippen LogP contribution is 2.28. The molecule has 1 rings (SSSR count). The summed E-state index contributed by atoms with van der Waals surface area (Å²) in [5.41, 5.74) is 7.02. The van der Waals surface area contributed by atoms with E-state index >= 15 is 0 Å². The van der Waals surface area contributed by atoms with Crippen molar-refractivity contribution in [1.82, 2.24) is 0 Å². The number of nitrogens with two attached hydrogens (primary N) is 1. The van der Waals surface area contributed by atoms with Crippen molar-refractivity contribution in [2.75, 3.05) is 11.9 Å². The fourth-order valence-electron chi connectivity index (χ4n) is 1.94. The fourth-order valence-corrected chi connectivity index (χ4v) is 2.11. The maximum Gasteiger partial charge on any atom is 0.231 e. The van der Waals surface area contributed by atoms with Crippen LogP contribution in [-0.2, 0) is 4.79 Å². The number of benzene rings is 1. The van der Waals surface area contributed by atoms with Gasteiger partial charge in [-0.25, -0.2) is 0 Å². The second-order valence-corrected chi connectivity index (χ2v) is 5.04. The summed E-state index contributed by atoms with van der Waals surface area (Å²) in [6.07, 6.45) is 1.46. The Morgan fingerprint density at radius 3 is 2.42 bits per heavy atom. The Labute approximate surface area is 126 Å². The van der Waals surface area contributed by atoms with Crippen LogP contribution in [0.4, 0.5) is 5.69 Å². The summed E-state index contributed by atoms with van der Waals surface area (Å²) >= 11 is 5.94. The summed E-state index contributed by atoms with van der Waals surface area (Å²) in [6.45, 7) is 6.26. The second kappa shape index (κ2) is 7.73. The first kappa shape index (κ1) is 18.2. The number of amides is 1. The van der Waals surface area contributed by atoms with Crippen LogP contribution in [0.1, 0.15) is 32.3 Å². The molecule has 0 saturated heterocycles. The van der Waals surface area contributed by atoms with Crippen LogP contribution >= 0.6 is 24.0 Å². The van der Waals surface area contributed by atoms with Gasteiger partial charge in [0.15, 0.2) is 0 Å². The third-order valence-corrected chi connectivity index (χ3v) is 3.91. The lowest BCUT2D eigenvalue weighted by molar-refractivity contribution is -0.125. The number of anilines is 1. The topological polar surface area (TPSA) is 55.1 Å². The normalized spacial score (nSPS) is 10.8. The highest BCUT2D eigenvalue weighted by Gasteiger charge is 2.33. The molecule has 0 atom stereocenters. The SMILES string of the molecule is CCC(CC)(CN)C(=O)Nc1cc(Cl)ccc1C.Cl. The van der Waals surface area contributed by atoms with Gasteiger partial charge in [-0.15, -0.1) is 12.4 Å². The summed E-state index contributed by atoms with van der Waals surface area (Å²) in [7, 11) is 0. The number of aryl methyl sites for hydroxylation is 1. The lowest BCUT2D eigenvalue weighted by atomic mass is 9.81. The van der Waals surface area contributed by atoms with Crippen LogP contribution in [0, 0.1) is 12.3 Å². The predicted octanol–water partition coefficient (Wildman–Crippen LogP) is 3.77. The maximum atomic E-state index is 12.4. The van der Waals surface area contributed by atoms with Crippen LogP contribution in [0.15, 0.2) is 18.2 Å². The molecular formula is C14H22Cl2N2O. The monoisotopic (exact) mass is 304 g/mol.